The fraction of sp³-hybridized carbons (Fsp3) is 0.0909. The molecule has 3 N–H and O–H groups in total. The van der Waals surface area contributed by atoms with E-state index in [-0.39, 0.29) is 0 Å². The van der Waals surface area contributed by atoms with Crippen molar-refractivity contribution in [1.82, 2.24) is 5.32 Å². The first-order valence-corrected chi connectivity index (χ1v) is 4.96. The molecular weight excluding hydrogens is 192 g/mol. The fourth-order valence-electron chi connectivity index (χ4n) is 1.49. The Hall–Kier alpha value is -1.35. The molecule has 14 heavy (non-hydrogen) atoms. The van der Waals surface area contributed by atoms with E-state index in [1.807, 2.05) is 18.2 Å². The third-order valence-corrected chi connectivity index (χ3v) is 2.55. The number of fused-ring (bicyclic) bond motifs is 1. The Bertz CT molecular complexity index is 408. The first-order chi connectivity index (χ1) is 6.81. The van der Waals surface area contributed by atoms with Gasteiger partial charge >= 0.3 is 0 Å². The highest BCUT2D eigenvalue weighted by atomic mass is 32.1. The van der Waals surface area contributed by atoms with Gasteiger partial charge in [0.15, 0.2) is 0 Å². The summed E-state index contributed by atoms with van der Waals surface area (Å²) in [6.45, 7) is 0.824. The maximum absolute atomic E-state index is 5.76. The van der Waals surface area contributed by atoms with Crippen LogP contribution in [-0.2, 0) is 6.54 Å². The molecule has 1 aromatic rings. The fourth-order valence-corrected chi connectivity index (χ4v) is 1.63. The molecular formula is C11H12N2S. The van der Waals surface area contributed by atoms with Crippen molar-refractivity contribution in [1.29, 1.82) is 0 Å². The van der Waals surface area contributed by atoms with Crippen LogP contribution in [0.1, 0.15) is 11.1 Å². The zero-order valence-corrected chi connectivity index (χ0v) is 8.59. The number of benzene rings is 1. The normalized spacial score (nSPS) is 15.5. The van der Waals surface area contributed by atoms with Crippen LogP contribution in [0.3, 0.4) is 0 Å². The SMILES string of the molecule is N/C(=C\S)C1=Cc2ccccc2CN1. The molecule has 2 nitrogen and oxygen atoms in total. The lowest BCUT2D eigenvalue weighted by Gasteiger charge is -2.18. The van der Waals surface area contributed by atoms with E-state index in [9.17, 15) is 0 Å². The third kappa shape index (κ3) is 1.63. The van der Waals surface area contributed by atoms with Gasteiger partial charge in [-0.25, -0.2) is 0 Å². The summed E-state index contributed by atoms with van der Waals surface area (Å²) in [6, 6.07) is 8.26. The summed E-state index contributed by atoms with van der Waals surface area (Å²) in [7, 11) is 0. The molecule has 1 aromatic carbocycles. The van der Waals surface area contributed by atoms with Gasteiger partial charge in [-0.15, -0.1) is 12.6 Å². The molecule has 0 saturated heterocycles. The highest BCUT2D eigenvalue weighted by Crippen LogP contribution is 2.19. The number of nitrogens with two attached hydrogens (primary N) is 1. The van der Waals surface area contributed by atoms with Crippen LogP contribution in [0.15, 0.2) is 41.1 Å². The van der Waals surface area contributed by atoms with Crippen molar-refractivity contribution in [2.75, 3.05) is 0 Å². The zero-order valence-electron chi connectivity index (χ0n) is 7.70. The van der Waals surface area contributed by atoms with Crippen molar-refractivity contribution in [3.8, 4) is 0 Å². The van der Waals surface area contributed by atoms with Crippen molar-refractivity contribution < 1.29 is 0 Å². The lowest BCUT2D eigenvalue weighted by atomic mass is 10.0. The Labute approximate surface area is 88.9 Å². The maximum Gasteiger partial charge on any atom is 0.0611 e. The smallest absolute Gasteiger partial charge is 0.0611 e. The van der Waals surface area contributed by atoms with Gasteiger partial charge in [-0.1, -0.05) is 24.3 Å². The molecule has 3 heteroatoms. The summed E-state index contributed by atoms with van der Waals surface area (Å²) in [6.07, 6.45) is 2.04. The minimum absolute atomic E-state index is 0.669. The van der Waals surface area contributed by atoms with Crippen LogP contribution in [0.2, 0.25) is 0 Å². The number of thiol groups is 1. The monoisotopic (exact) mass is 204 g/mol. The van der Waals surface area contributed by atoms with Gasteiger partial charge in [0.05, 0.1) is 11.4 Å². The second-order valence-electron chi connectivity index (χ2n) is 3.19. The Balaban J connectivity index is 2.41. The van der Waals surface area contributed by atoms with Crippen LogP contribution in [0, 0.1) is 0 Å². The van der Waals surface area contributed by atoms with E-state index in [1.165, 1.54) is 11.1 Å². The predicted octanol–water partition coefficient (Wildman–Crippen LogP) is 1.86. The second-order valence-corrected chi connectivity index (χ2v) is 3.45. The zero-order chi connectivity index (χ0) is 9.97. The molecule has 1 aliphatic heterocycles. The summed E-state index contributed by atoms with van der Waals surface area (Å²) in [5.74, 6) is 0. The predicted molar refractivity (Wildman–Crippen MR) is 62.5 cm³/mol. The third-order valence-electron chi connectivity index (χ3n) is 2.27. The van der Waals surface area contributed by atoms with E-state index in [1.54, 1.807) is 5.41 Å². The molecule has 0 fully saturated rings. The first-order valence-electron chi connectivity index (χ1n) is 4.45. The Morgan fingerprint density at radius 3 is 3.00 bits per heavy atom. The standard InChI is InChI=1S/C11H12N2S/c12-10(7-14)11-5-8-3-1-2-4-9(8)6-13-11/h1-5,7,13-14H,6,12H2/b10-7-. The highest BCUT2D eigenvalue weighted by Gasteiger charge is 2.09. The summed E-state index contributed by atoms with van der Waals surface area (Å²) in [4.78, 5) is 0. The number of hydrogen-bond acceptors (Lipinski definition) is 3. The second kappa shape index (κ2) is 3.80. The Kier molecular flexibility index (Phi) is 2.50. The van der Waals surface area contributed by atoms with Crippen molar-refractivity contribution in [2.24, 2.45) is 5.73 Å². The van der Waals surface area contributed by atoms with Crippen molar-refractivity contribution >= 4 is 18.7 Å². The van der Waals surface area contributed by atoms with E-state index in [4.69, 9.17) is 5.73 Å². The summed E-state index contributed by atoms with van der Waals surface area (Å²) >= 11 is 4.03. The Morgan fingerprint density at radius 1 is 1.43 bits per heavy atom. The minimum Gasteiger partial charge on any atom is -0.397 e. The molecule has 0 spiro atoms. The quantitative estimate of drug-likeness (QED) is 0.611. The van der Waals surface area contributed by atoms with E-state index in [0.29, 0.717) is 5.70 Å². The van der Waals surface area contributed by atoms with Crippen molar-refractivity contribution in [2.45, 2.75) is 6.54 Å². The van der Waals surface area contributed by atoms with E-state index < -0.39 is 0 Å². The summed E-state index contributed by atoms with van der Waals surface area (Å²) in [5, 5.41) is 4.85. The van der Waals surface area contributed by atoms with E-state index in [0.717, 1.165) is 12.2 Å². The van der Waals surface area contributed by atoms with Crippen LogP contribution in [0.25, 0.3) is 6.08 Å². The maximum atomic E-state index is 5.76. The first kappa shape index (κ1) is 9.21. The highest BCUT2D eigenvalue weighted by molar-refractivity contribution is 7.83. The van der Waals surface area contributed by atoms with Gasteiger partial charge in [0.1, 0.15) is 0 Å². The van der Waals surface area contributed by atoms with Crippen LogP contribution < -0.4 is 11.1 Å². The van der Waals surface area contributed by atoms with Crippen LogP contribution in [-0.4, -0.2) is 0 Å². The van der Waals surface area contributed by atoms with Gasteiger partial charge in [-0.3, -0.25) is 0 Å². The van der Waals surface area contributed by atoms with Crippen molar-refractivity contribution in [3.05, 3.63) is 52.2 Å². The molecule has 0 amide bonds. The molecule has 0 aromatic heterocycles. The van der Waals surface area contributed by atoms with Gasteiger partial charge in [0.25, 0.3) is 0 Å². The molecule has 1 aliphatic rings. The van der Waals surface area contributed by atoms with E-state index in [2.05, 4.69) is 30.1 Å². The average Bonchev–Trinajstić information content (AvgIpc) is 2.27. The van der Waals surface area contributed by atoms with E-state index >= 15 is 0 Å². The summed E-state index contributed by atoms with van der Waals surface area (Å²) < 4.78 is 0. The van der Waals surface area contributed by atoms with Crippen LogP contribution in [0.5, 0.6) is 0 Å². The molecule has 0 aliphatic carbocycles. The summed E-state index contributed by atoms with van der Waals surface area (Å²) in [5.41, 5.74) is 9.89. The van der Waals surface area contributed by atoms with Gasteiger partial charge < -0.3 is 11.1 Å². The average molecular weight is 204 g/mol. The number of rotatable bonds is 1. The topological polar surface area (TPSA) is 38.0 Å². The van der Waals surface area contributed by atoms with Crippen LogP contribution in [0.4, 0.5) is 0 Å². The van der Waals surface area contributed by atoms with Gasteiger partial charge in [-0.05, 0) is 22.6 Å². The number of nitrogens with one attached hydrogen (secondary N) is 1. The number of hydrogen-bond donors (Lipinski definition) is 3. The molecule has 1 heterocycles. The Morgan fingerprint density at radius 2 is 2.21 bits per heavy atom. The van der Waals surface area contributed by atoms with Crippen LogP contribution >= 0.6 is 12.6 Å². The molecule has 0 radical (unpaired) electrons. The molecule has 0 unspecified atom stereocenters. The minimum atomic E-state index is 0.669. The molecule has 0 bridgehead atoms. The van der Waals surface area contributed by atoms with Gasteiger partial charge in [0, 0.05) is 6.54 Å². The van der Waals surface area contributed by atoms with Gasteiger partial charge in [0.2, 0.25) is 0 Å². The molecule has 0 saturated carbocycles. The molecule has 0 atom stereocenters. The molecule has 2 rings (SSSR count). The lowest BCUT2D eigenvalue weighted by Crippen LogP contribution is -2.21. The van der Waals surface area contributed by atoms with Gasteiger partial charge in [-0.2, -0.15) is 0 Å². The largest absolute Gasteiger partial charge is 0.397 e. The van der Waals surface area contributed by atoms with Crippen molar-refractivity contribution in [3.63, 3.8) is 0 Å². The lowest BCUT2D eigenvalue weighted by molar-refractivity contribution is 0.807. The molecule has 72 valence electrons.